The number of urea groups is 1. The number of pyridine rings is 1. The highest BCUT2D eigenvalue weighted by Crippen LogP contribution is 2.09. The van der Waals surface area contributed by atoms with E-state index in [0.717, 1.165) is 5.56 Å². The zero-order valence-electron chi connectivity index (χ0n) is 10.0. The molecule has 4 heteroatoms. The molecule has 1 aromatic rings. The van der Waals surface area contributed by atoms with Gasteiger partial charge in [-0.05, 0) is 30.5 Å². The number of nitrogens with one attached hydrogen (secondary N) is 2. The van der Waals surface area contributed by atoms with E-state index in [-0.39, 0.29) is 12.1 Å². The number of nitrogens with zero attached hydrogens (tertiary/aromatic N) is 1. The summed E-state index contributed by atoms with van der Waals surface area (Å²) in [6, 6.07) is 3.66. The summed E-state index contributed by atoms with van der Waals surface area (Å²) in [5.74, 6) is 0.460. The van der Waals surface area contributed by atoms with Crippen molar-refractivity contribution in [3.63, 3.8) is 0 Å². The first-order valence-corrected chi connectivity index (χ1v) is 5.54. The number of rotatable bonds is 4. The highest BCUT2D eigenvalue weighted by Gasteiger charge is 2.08. The van der Waals surface area contributed by atoms with Gasteiger partial charge in [-0.1, -0.05) is 13.8 Å². The van der Waals surface area contributed by atoms with E-state index in [4.69, 9.17) is 0 Å². The summed E-state index contributed by atoms with van der Waals surface area (Å²) in [4.78, 5) is 15.4. The maximum absolute atomic E-state index is 11.5. The van der Waals surface area contributed by atoms with Gasteiger partial charge < -0.3 is 10.6 Å². The van der Waals surface area contributed by atoms with Crippen LogP contribution in [0.1, 0.15) is 32.4 Å². The van der Waals surface area contributed by atoms with Gasteiger partial charge in [-0.25, -0.2) is 4.79 Å². The number of carbonyl (C=O) groups excluding carboxylic acids is 1. The fourth-order valence-corrected chi connectivity index (χ4v) is 1.28. The van der Waals surface area contributed by atoms with Gasteiger partial charge in [-0.2, -0.15) is 0 Å². The average molecular weight is 221 g/mol. The van der Waals surface area contributed by atoms with E-state index in [1.54, 1.807) is 12.4 Å². The van der Waals surface area contributed by atoms with E-state index in [0.29, 0.717) is 12.5 Å². The Morgan fingerprint density at radius 2 is 1.94 bits per heavy atom. The number of aromatic nitrogens is 1. The lowest BCUT2D eigenvalue weighted by Crippen LogP contribution is -2.38. The Bertz CT molecular complexity index is 324. The van der Waals surface area contributed by atoms with E-state index in [9.17, 15) is 4.79 Å². The lowest BCUT2D eigenvalue weighted by atomic mass is 10.1. The molecule has 1 heterocycles. The molecule has 0 spiro atoms. The number of hydrogen-bond acceptors (Lipinski definition) is 2. The first kappa shape index (κ1) is 12.5. The Kier molecular flexibility index (Phi) is 4.76. The molecule has 0 aliphatic rings. The summed E-state index contributed by atoms with van der Waals surface area (Å²) < 4.78 is 0. The van der Waals surface area contributed by atoms with Gasteiger partial charge in [-0.15, -0.1) is 0 Å². The van der Waals surface area contributed by atoms with Crippen LogP contribution in [0.4, 0.5) is 4.79 Å². The maximum Gasteiger partial charge on any atom is 0.315 e. The SMILES string of the molecule is CC(C)CNC(=O)NC(C)c1ccncc1. The minimum absolute atomic E-state index is 0.00448. The van der Waals surface area contributed by atoms with E-state index in [1.165, 1.54) is 0 Å². The van der Waals surface area contributed by atoms with Crippen LogP contribution in [0.3, 0.4) is 0 Å². The Balaban J connectivity index is 2.40. The van der Waals surface area contributed by atoms with E-state index in [1.807, 2.05) is 19.1 Å². The van der Waals surface area contributed by atoms with Gasteiger partial charge in [0.15, 0.2) is 0 Å². The van der Waals surface area contributed by atoms with Crippen molar-refractivity contribution in [2.45, 2.75) is 26.8 Å². The fraction of sp³-hybridized carbons (Fsp3) is 0.500. The van der Waals surface area contributed by atoms with Gasteiger partial charge in [0.05, 0.1) is 6.04 Å². The van der Waals surface area contributed by atoms with Gasteiger partial charge >= 0.3 is 6.03 Å². The highest BCUT2D eigenvalue weighted by atomic mass is 16.2. The Morgan fingerprint density at radius 1 is 1.31 bits per heavy atom. The van der Waals surface area contributed by atoms with Crippen LogP contribution in [0.25, 0.3) is 0 Å². The molecule has 1 unspecified atom stereocenters. The van der Waals surface area contributed by atoms with Crippen molar-refractivity contribution >= 4 is 6.03 Å². The van der Waals surface area contributed by atoms with Crippen molar-refractivity contribution in [3.05, 3.63) is 30.1 Å². The first-order chi connectivity index (χ1) is 7.59. The highest BCUT2D eigenvalue weighted by molar-refractivity contribution is 5.74. The van der Waals surface area contributed by atoms with Gasteiger partial charge in [0, 0.05) is 18.9 Å². The van der Waals surface area contributed by atoms with E-state index < -0.39 is 0 Å². The number of hydrogen-bond donors (Lipinski definition) is 2. The van der Waals surface area contributed by atoms with Crippen molar-refractivity contribution in [2.75, 3.05) is 6.54 Å². The molecule has 1 atom stereocenters. The fourth-order valence-electron chi connectivity index (χ4n) is 1.28. The second-order valence-corrected chi connectivity index (χ2v) is 4.25. The van der Waals surface area contributed by atoms with Gasteiger partial charge in [0.2, 0.25) is 0 Å². The quantitative estimate of drug-likeness (QED) is 0.818. The largest absolute Gasteiger partial charge is 0.338 e. The van der Waals surface area contributed by atoms with Crippen LogP contribution < -0.4 is 10.6 Å². The molecule has 88 valence electrons. The summed E-state index contributed by atoms with van der Waals surface area (Å²) in [7, 11) is 0. The Hall–Kier alpha value is -1.58. The van der Waals surface area contributed by atoms with Crippen molar-refractivity contribution in [1.82, 2.24) is 15.6 Å². The minimum atomic E-state index is -0.127. The molecule has 1 aromatic heterocycles. The summed E-state index contributed by atoms with van der Waals surface area (Å²) in [6.45, 7) is 6.76. The molecule has 0 saturated carbocycles. The smallest absolute Gasteiger partial charge is 0.315 e. The molecule has 0 bridgehead atoms. The third-order valence-corrected chi connectivity index (χ3v) is 2.22. The van der Waals surface area contributed by atoms with Crippen LogP contribution in [-0.4, -0.2) is 17.6 Å². The van der Waals surface area contributed by atoms with E-state index in [2.05, 4.69) is 29.5 Å². The standard InChI is InChI=1S/C12H19N3O/c1-9(2)8-14-12(16)15-10(3)11-4-6-13-7-5-11/h4-7,9-10H,8H2,1-3H3,(H2,14,15,16). The molecule has 4 nitrogen and oxygen atoms in total. The van der Waals surface area contributed by atoms with Crippen molar-refractivity contribution in [3.8, 4) is 0 Å². The maximum atomic E-state index is 11.5. The molecule has 0 aliphatic heterocycles. The zero-order valence-corrected chi connectivity index (χ0v) is 10.0. The second kappa shape index (κ2) is 6.10. The third kappa shape index (κ3) is 4.29. The van der Waals surface area contributed by atoms with E-state index >= 15 is 0 Å². The molecule has 16 heavy (non-hydrogen) atoms. The molecule has 0 saturated heterocycles. The van der Waals surface area contributed by atoms with Crippen molar-refractivity contribution in [2.24, 2.45) is 5.92 Å². The topological polar surface area (TPSA) is 54.0 Å². The molecule has 1 rings (SSSR count). The van der Waals surface area contributed by atoms with Crippen LogP contribution in [0, 0.1) is 5.92 Å². The molecule has 0 radical (unpaired) electrons. The molecular weight excluding hydrogens is 202 g/mol. The van der Waals surface area contributed by atoms with Crippen LogP contribution in [0.2, 0.25) is 0 Å². The summed E-state index contributed by atoms with van der Waals surface area (Å²) in [5.41, 5.74) is 1.05. The molecule has 0 fully saturated rings. The van der Waals surface area contributed by atoms with Gasteiger partial charge in [0.1, 0.15) is 0 Å². The molecule has 0 aliphatic carbocycles. The van der Waals surface area contributed by atoms with Crippen LogP contribution in [-0.2, 0) is 0 Å². The minimum Gasteiger partial charge on any atom is -0.338 e. The average Bonchev–Trinajstić information content (AvgIpc) is 2.27. The Morgan fingerprint density at radius 3 is 2.50 bits per heavy atom. The summed E-state index contributed by atoms with van der Waals surface area (Å²) in [6.07, 6.45) is 3.44. The normalized spacial score (nSPS) is 12.2. The number of carbonyl (C=O) groups is 1. The predicted octanol–water partition coefficient (Wildman–Crippen LogP) is 2.10. The third-order valence-electron chi connectivity index (χ3n) is 2.22. The van der Waals surface area contributed by atoms with Crippen LogP contribution in [0.15, 0.2) is 24.5 Å². The first-order valence-electron chi connectivity index (χ1n) is 5.54. The molecule has 0 aromatic carbocycles. The lowest BCUT2D eigenvalue weighted by molar-refractivity contribution is 0.236. The molecular formula is C12H19N3O. The summed E-state index contributed by atoms with van der Waals surface area (Å²) >= 11 is 0. The number of amides is 2. The van der Waals surface area contributed by atoms with Crippen LogP contribution in [0.5, 0.6) is 0 Å². The molecule has 2 amide bonds. The lowest BCUT2D eigenvalue weighted by Gasteiger charge is -2.15. The van der Waals surface area contributed by atoms with Crippen LogP contribution >= 0.6 is 0 Å². The second-order valence-electron chi connectivity index (χ2n) is 4.25. The summed E-state index contributed by atoms with van der Waals surface area (Å²) in [5, 5.41) is 5.69. The van der Waals surface area contributed by atoms with Gasteiger partial charge in [0.25, 0.3) is 0 Å². The predicted molar refractivity (Wildman–Crippen MR) is 64.0 cm³/mol. The van der Waals surface area contributed by atoms with Gasteiger partial charge in [-0.3, -0.25) is 4.98 Å². The van der Waals surface area contributed by atoms with Crippen molar-refractivity contribution < 1.29 is 4.79 Å². The molecule has 2 N–H and O–H groups in total. The monoisotopic (exact) mass is 221 g/mol. The Labute approximate surface area is 96.5 Å². The zero-order chi connectivity index (χ0) is 12.0. The van der Waals surface area contributed by atoms with Crippen molar-refractivity contribution in [1.29, 1.82) is 0 Å².